The standard InChI is InChI=1S/C43H23N7/c44-24-27-21-30(25-45)42(31(22-27)26-46)49-36-17-9-7-15-32(36)40-38(49)19-20-39-41(40)33-16-8-10-18-37(33)50(39)43-47-34(28-11-3-1-4-12-28)23-35(48-43)29-13-5-2-6-14-29/h1-23H. The second-order valence-corrected chi connectivity index (χ2v) is 12.0. The minimum Gasteiger partial charge on any atom is -0.307 e. The first kappa shape index (κ1) is 28.7. The molecule has 0 aliphatic carbocycles. The summed E-state index contributed by atoms with van der Waals surface area (Å²) in [5, 5.41) is 34.1. The van der Waals surface area contributed by atoms with Crippen LogP contribution in [0.15, 0.2) is 140 Å². The molecule has 0 fully saturated rings. The van der Waals surface area contributed by atoms with Crippen molar-refractivity contribution >= 4 is 43.6 Å². The topological polar surface area (TPSA) is 107 Å². The van der Waals surface area contributed by atoms with Gasteiger partial charge in [0.2, 0.25) is 5.95 Å². The average Bonchev–Trinajstić information content (AvgIpc) is 3.70. The number of hydrogen-bond donors (Lipinski definition) is 0. The van der Waals surface area contributed by atoms with Crippen LogP contribution in [0.2, 0.25) is 0 Å². The van der Waals surface area contributed by atoms with E-state index in [0.29, 0.717) is 11.6 Å². The van der Waals surface area contributed by atoms with Gasteiger partial charge < -0.3 is 4.57 Å². The van der Waals surface area contributed by atoms with E-state index in [1.54, 1.807) is 12.1 Å². The molecule has 50 heavy (non-hydrogen) atoms. The molecule has 0 saturated heterocycles. The van der Waals surface area contributed by atoms with E-state index in [0.717, 1.165) is 66.1 Å². The van der Waals surface area contributed by atoms with Gasteiger partial charge in [0.15, 0.2) is 0 Å². The molecule has 0 N–H and O–H groups in total. The second kappa shape index (κ2) is 11.3. The van der Waals surface area contributed by atoms with Gasteiger partial charge in [0, 0.05) is 32.7 Å². The van der Waals surface area contributed by atoms with Gasteiger partial charge in [0.1, 0.15) is 12.1 Å². The maximum Gasteiger partial charge on any atom is 0.235 e. The summed E-state index contributed by atoms with van der Waals surface area (Å²) in [7, 11) is 0. The van der Waals surface area contributed by atoms with E-state index in [1.807, 2.05) is 83.4 Å². The molecule has 0 spiro atoms. The van der Waals surface area contributed by atoms with E-state index in [1.165, 1.54) is 0 Å². The number of rotatable bonds is 4. The Labute approximate surface area is 286 Å². The van der Waals surface area contributed by atoms with Crippen molar-refractivity contribution in [2.24, 2.45) is 0 Å². The molecule has 0 atom stereocenters. The molecule has 0 amide bonds. The van der Waals surface area contributed by atoms with E-state index in [4.69, 9.17) is 9.97 Å². The van der Waals surface area contributed by atoms with Gasteiger partial charge in [-0.3, -0.25) is 4.57 Å². The maximum absolute atomic E-state index is 10.3. The third-order valence-electron chi connectivity index (χ3n) is 9.23. The Morgan fingerprint density at radius 2 is 0.900 bits per heavy atom. The molecule has 6 aromatic carbocycles. The third-order valence-corrected chi connectivity index (χ3v) is 9.23. The van der Waals surface area contributed by atoms with Crippen LogP contribution in [0.3, 0.4) is 0 Å². The van der Waals surface area contributed by atoms with Gasteiger partial charge in [0.25, 0.3) is 0 Å². The Kier molecular flexibility index (Phi) is 6.49. The minimum absolute atomic E-state index is 0.255. The quantitative estimate of drug-likeness (QED) is 0.191. The highest BCUT2D eigenvalue weighted by atomic mass is 15.2. The summed E-state index contributed by atoms with van der Waals surface area (Å²) in [5.74, 6) is 0.546. The lowest BCUT2D eigenvalue weighted by Crippen LogP contribution is -2.04. The van der Waals surface area contributed by atoms with Crippen molar-refractivity contribution < 1.29 is 0 Å². The number of hydrogen-bond acceptors (Lipinski definition) is 5. The van der Waals surface area contributed by atoms with Gasteiger partial charge in [-0.05, 0) is 42.5 Å². The van der Waals surface area contributed by atoms with Crippen molar-refractivity contribution in [3.8, 4) is 52.4 Å². The summed E-state index contributed by atoms with van der Waals surface area (Å²) in [5.41, 5.74) is 8.38. The van der Waals surface area contributed by atoms with Crippen molar-refractivity contribution in [1.82, 2.24) is 19.1 Å². The molecule has 0 aliphatic heterocycles. The monoisotopic (exact) mass is 637 g/mol. The highest BCUT2D eigenvalue weighted by Gasteiger charge is 2.24. The Hall–Kier alpha value is -7.53. The first-order chi connectivity index (χ1) is 24.7. The summed E-state index contributed by atoms with van der Waals surface area (Å²) in [6, 6.07) is 52.3. The first-order valence-electron chi connectivity index (χ1n) is 16.0. The third kappa shape index (κ3) is 4.27. The average molecular weight is 638 g/mol. The summed E-state index contributed by atoms with van der Waals surface area (Å²) >= 11 is 0. The molecule has 7 heteroatoms. The fraction of sp³-hybridized carbons (Fsp3) is 0. The zero-order valence-corrected chi connectivity index (χ0v) is 26.4. The Bertz CT molecular complexity index is 2860. The van der Waals surface area contributed by atoms with Gasteiger partial charge in [0.05, 0.1) is 61.9 Å². The molecule has 230 valence electrons. The lowest BCUT2D eigenvalue weighted by molar-refractivity contribution is 0.996. The molecule has 0 radical (unpaired) electrons. The van der Waals surface area contributed by atoms with Gasteiger partial charge in [-0.25, -0.2) is 9.97 Å². The molecule has 3 heterocycles. The van der Waals surface area contributed by atoms with E-state index >= 15 is 0 Å². The zero-order valence-electron chi connectivity index (χ0n) is 26.4. The van der Waals surface area contributed by atoms with Crippen LogP contribution in [0, 0.1) is 34.0 Å². The zero-order chi connectivity index (χ0) is 33.8. The number of para-hydroxylation sites is 2. The summed E-state index contributed by atoms with van der Waals surface area (Å²) < 4.78 is 4.10. The van der Waals surface area contributed by atoms with E-state index in [9.17, 15) is 15.8 Å². The number of nitriles is 3. The largest absolute Gasteiger partial charge is 0.307 e. The van der Waals surface area contributed by atoms with Gasteiger partial charge in [-0.1, -0.05) is 97.1 Å². The SMILES string of the molecule is N#Cc1cc(C#N)c(-n2c3ccccc3c3c4c5ccccc5n(-c5nc(-c6ccccc6)cc(-c6ccccc6)n5)c4ccc32)c(C#N)c1. The maximum atomic E-state index is 10.3. The fourth-order valence-corrected chi connectivity index (χ4v) is 7.13. The lowest BCUT2D eigenvalue weighted by Gasteiger charge is -2.13. The van der Waals surface area contributed by atoms with Crippen LogP contribution in [0.25, 0.3) is 77.8 Å². The number of aromatic nitrogens is 4. The van der Waals surface area contributed by atoms with Crippen molar-refractivity contribution in [2.75, 3.05) is 0 Å². The van der Waals surface area contributed by atoms with Crippen LogP contribution in [-0.2, 0) is 0 Å². The Morgan fingerprint density at radius 3 is 1.40 bits per heavy atom. The highest BCUT2D eigenvalue weighted by Crippen LogP contribution is 2.43. The molecule has 0 saturated carbocycles. The fourth-order valence-electron chi connectivity index (χ4n) is 7.13. The normalized spacial score (nSPS) is 11.1. The predicted molar refractivity (Wildman–Crippen MR) is 196 cm³/mol. The van der Waals surface area contributed by atoms with Gasteiger partial charge in [-0.15, -0.1) is 0 Å². The number of nitrogens with zero attached hydrogens (tertiary/aromatic N) is 7. The molecular weight excluding hydrogens is 615 g/mol. The van der Waals surface area contributed by atoms with Crippen molar-refractivity contribution in [1.29, 1.82) is 15.8 Å². The van der Waals surface area contributed by atoms with Gasteiger partial charge in [-0.2, -0.15) is 15.8 Å². The van der Waals surface area contributed by atoms with Crippen LogP contribution in [-0.4, -0.2) is 19.1 Å². The van der Waals surface area contributed by atoms with Crippen LogP contribution in [0.1, 0.15) is 16.7 Å². The van der Waals surface area contributed by atoms with Crippen molar-refractivity contribution in [3.05, 3.63) is 156 Å². The van der Waals surface area contributed by atoms with E-state index < -0.39 is 0 Å². The van der Waals surface area contributed by atoms with E-state index in [2.05, 4.69) is 71.3 Å². The Balaban J connectivity index is 1.42. The van der Waals surface area contributed by atoms with Gasteiger partial charge >= 0.3 is 0 Å². The number of benzene rings is 6. The lowest BCUT2D eigenvalue weighted by atomic mass is 10.0. The molecule has 9 rings (SSSR count). The summed E-state index contributed by atoms with van der Waals surface area (Å²) in [4.78, 5) is 10.4. The van der Waals surface area contributed by atoms with E-state index in [-0.39, 0.29) is 16.7 Å². The highest BCUT2D eigenvalue weighted by molar-refractivity contribution is 6.28. The molecule has 0 bridgehead atoms. The van der Waals surface area contributed by atoms with Crippen LogP contribution in [0.4, 0.5) is 0 Å². The van der Waals surface area contributed by atoms with Crippen molar-refractivity contribution in [3.63, 3.8) is 0 Å². The summed E-state index contributed by atoms with van der Waals surface area (Å²) in [6.45, 7) is 0. The molecule has 0 unspecified atom stereocenters. The minimum atomic E-state index is 0.255. The van der Waals surface area contributed by atoms with Crippen LogP contribution in [0.5, 0.6) is 0 Å². The Morgan fingerprint density at radius 1 is 0.440 bits per heavy atom. The van der Waals surface area contributed by atoms with Crippen LogP contribution < -0.4 is 0 Å². The molecule has 9 aromatic rings. The molecule has 3 aromatic heterocycles. The van der Waals surface area contributed by atoms with Crippen LogP contribution >= 0.6 is 0 Å². The molecule has 0 aliphatic rings. The predicted octanol–water partition coefficient (Wildman–Crippen LogP) is 9.62. The number of fused-ring (bicyclic) bond motifs is 7. The smallest absolute Gasteiger partial charge is 0.235 e. The molecule has 7 nitrogen and oxygen atoms in total. The first-order valence-corrected chi connectivity index (χ1v) is 16.0. The molecular formula is C43H23N7. The summed E-state index contributed by atoms with van der Waals surface area (Å²) in [6.07, 6.45) is 0. The van der Waals surface area contributed by atoms with Crippen molar-refractivity contribution in [2.45, 2.75) is 0 Å². The second-order valence-electron chi connectivity index (χ2n) is 12.0.